The molecular weight excluding hydrogens is 446 g/mol. The van der Waals surface area contributed by atoms with Gasteiger partial charge in [0.1, 0.15) is 17.2 Å². The van der Waals surface area contributed by atoms with E-state index in [1.807, 2.05) is 18.2 Å². The van der Waals surface area contributed by atoms with Gasteiger partial charge in [-0.3, -0.25) is 9.78 Å². The van der Waals surface area contributed by atoms with E-state index in [4.69, 9.17) is 9.72 Å². The van der Waals surface area contributed by atoms with Gasteiger partial charge < -0.3 is 20.3 Å². The molecule has 1 saturated heterocycles. The Labute approximate surface area is 204 Å². The third-order valence-electron chi connectivity index (χ3n) is 6.88. The minimum absolute atomic E-state index is 0.152. The van der Waals surface area contributed by atoms with Crippen LogP contribution in [0.5, 0.6) is 11.5 Å². The number of aromatic nitrogens is 2. The Kier molecular flexibility index (Phi) is 7.25. The molecule has 3 aromatic rings. The number of ether oxygens (including phenoxy) is 1. The number of anilines is 1. The van der Waals surface area contributed by atoms with Crippen molar-refractivity contribution in [2.45, 2.75) is 51.0 Å². The number of nitrogens with one attached hydrogen (secondary N) is 2. The second-order valence-electron chi connectivity index (χ2n) is 9.56. The van der Waals surface area contributed by atoms with Crippen LogP contribution in [0.15, 0.2) is 36.5 Å². The summed E-state index contributed by atoms with van der Waals surface area (Å²) in [5, 5.41) is 7.63. The summed E-state index contributed by atoms with van der Waals surface area (Å²) in [7, 11) is 2.14. The number of likely N-dealkylation sites (tertiary alicyclic amines) is 1. The van der Waals surface area contributed by atoms with E-state index in [1.54, 1.807) is 29.7 Å². The van der Waals surface area contributed by atoms with Gasteiger partial charge in [0.2, 0.25) is 0 Å². The molecule has 0 spiro atoms. The molecule has 8 heteroatoms. The SMILES string of the molecule is CN1CCC(CNC(=O)c2cc(Oc3ccc4nc(NC5CCCCC5)sc4c3)ccn2)CC1. The van der Waals surface area contributed by atoms with Crippen LogP contribution in [0, 0.1) is 5.92 Å². The van der Waals surface area contributed by atoms with Gasteiger partial charge in [-0.15, -0.1) is 0 Å². The van der Waals surface area contributed by atoms with Crippen LogP contribution >= 0.6 is 11.3 Å². The Morgan fingerprint density at radius 3 is 2.71 bits per heavy atom. The number of carbonyl (C=O) groups excluding carboxylic acids is 1. The average molecular weight is 480 g/mol. The molecule has 2 aromatic heterocycles. The highest BCUT2D eigenvalue weighted by Crippen LogP contribution is 2.33. The summed E-state index contributed by atoms with van der Waals surface area (Å²) in [4.78, 5) is 24.0. The van der Waals surface area contributed by atoms with Crippen molar-refractivity contribution in [3.05, 3.63) is 42.2 Å². The first-order chi connectivity index (χ1) is 16.6. The normalized spacial score (nSPS) is 18.1. The largest absolute Gasteiger partial charge is 0.457 e. The molecule has 1 amide bonds. The number of hydrogen-bond acceptors (Lipinski definition) is 7. The number of benzene rings is 1. The zero-order chi connectivity index (χ0) is 23.3. The number of pyridine rings is 1. The lowest BCUT2D eigenvalue weighted by Crippen LogP contribution is -2.37. The highest BCUT2D eigenvalue weighted by atomic mass is 32.1. The lowest BCUT2D eigenvalue weighted by atomic mass is 9.96. The van der Waals surface area contributed by atoms with Gasteiger partial charge in [-0.25, -0.2) is 4.98 Å². The fraction of sp³-hybridized carbons (Fsp3) is 0.500. The van der Waals surface area contributed by atoms with E-state index in [0.29, 0.717) is 29.9 Å². The van der Waals surface area contributed by atoms with E-state index in [-0.39, 0.29) is 5.91 Å². The molecule has 1 aliphatic carbocycles. The van der Waals surface area contributed by atoms with Gasteiger partial charge >= 0.3 is 0 Å². The second-order valence-corrected chi connectivity index (χ2v) is 10.6. The summed E-state index contributed by atoms with van der Waals surface area (Å²) in [5.41, 5.74) is 1.35. The monoisotopic (exact) mass is 479 g/mol. The molecule has 2 fully saturated rings. The number of piperidine rings is 1. The van der Waals surface area contributed by atoms with Crippen LogP contribution in [0.4, 0.5) is 5.13 Å². The fourth-order valence-corrected chi connectivity index (χ4v) is 5.75. The smallest absolute Gasteiger partial charge is 0.270 e. The molecule has 0 unspecified atom stereocenters. The maximum absolute atomic E-state index is 12.6. The molecule has 1 aliphatic heterocycles. The summed E-state index contributed by atoms with van der Waals surface area (Å²) < 4.78 is 7.16. The van der Waals surface area contributed by atoms with Crippen molar-refractivity contribution in [3.8, 4) is 11.5 Å². The predicted molar refractivity (Wildman–Crippen MR) is 137 cm³/mol. The Balaban J connectivity index is 1.20. The van der Waals surface area contributed by atoms with Gasteiger partial charge in [0, 0.05) is 30.9 Å². The van der Waals surface area contributed by atoms with Crippen molar-refractivity contribution < 1.29 is 9.53 Å². The lowest BCUT2D eigenvalue weighted by molar-refractivity contribution is 0.0933. The van der Waals surface area contributed by atoms with Gasteiger partial charge in [-0.2, -0.15) is 0 Å². The number of rotatable bonds is 7. The van der Waals surface area contributed by atoms with Crippen molar-refractivity contribution >= 4 is 32.6 Å². The minimum atomic E-state index is -0.152. The van der Waals surface area contributed by atoms with Crippen molar-refractivity contribution in [2.75, 3.05) is 32.0 Å². The summed E-state index contributed by atoms with van der Waals surface area (Å²) >= 11 is 1.66. The van der Waals surface area contributed by atoms with E-state index >= 15 is 0 Å². The molecule has 0 atom stereocenters. The summed E-state index contributed by atoms with van der Waals surface area (Å²) in [6.45, 7) is 2.87. The van der Waals surface area contributed by atoms with Crippen LogP contribution in [0.25, 0.3) is 10.2 Å². The molecule has 1 saturated carbocycles. The minimum Gasteiger partial charge on any atom is -0.457 e. The maximum Gasteiger partial charge on any atom is 0.270 e. The predicted octanol–water partition coefficient (Wildman–Crippen LogP) is 5.30. The molecule has 34 heavy (non-hydrogen) atoms. The molecule has 2 N–H and O–H groups in total. The zero-order valence-corrected chi connectivity index (χ0v) is 20.6. The van der Waals surface area contributed by atoms with Gasteiger partial charge in [0.25, 0.3) is 5.91 Å². The van der Waals surface area contributed by atoms with Crippen LogP contribution < -0.4 is 15.4 Å². The van der Waals surface area contributed by atoms with Crippen molar-refractivity contribution in [2.24, 2.45) is 5.92 Å². The van der Waals surface area contributed by atoms with E-state index in [0.717, 1.165) is 47.0 Å². The standard InChI is InChI=1S/C26H33N5O2S/c1-31-13-10-18(11-14-31)17-28-25(32)23-15-21(9-12-27-23)33-20-7-8-22-24(16-20)34-26(30-22)29-19-5-3-2-4-6-19/h7-9,12,15-16,18-19H,2-6,10-11,13-14,17H2,1H3,(H,28,32)(H,29,30). The van der Waals surface area contributed by atoms with Gasteiger partial charge in [-0.05, 0) is 69.9 Å². The van der Waals surface area contributed by atoms with E-state index < -0.39 is 0 Å². The molecule has 5 rings (SSSR count). The van der Waals surface area contributed by atoms with E-state index in [1.165, 1.54) is 32.1 Å². The topological polar surface area (TPSA) is 79.4 Å². The van der Waals surface area contributed by atoms with Crippen molar-refractivity contribution in [1.82, 2.24) is 20.2 Å². The molecule has 7 nitrogen and oxygen atoms in total. The quantitative estimate of drug-likeness (QED) is 0.479. The fourth-order valence-electron chi connectivity index (χ4n) is 4.78. The maximum atomic E-state index is 12.6. The number of thiazole rings is 1. The summed E-state index contributed by atoms with van der Waals surface area (Å²) in [6, 6.07) is 9.94. The molecule has 1 aromatic carbocycles. The Bertz CT molecular complexity index is 1120. The van der Waals surface area contributed by atoms with E-state index in [9.17, 15) is 4.79 Å². The van der Waals surface area contributed by atoms with Gasteiger partial charge in [0.15, 0.2) is 5.13 Å². The van der Waals surface area contributed by atoms with Gasteiger partial charge in [0.05, 0.1) is 10.2 Å². The van der Waals surface area contributed by atoms with Crippen LogP contribution in [0.1, 0.15) is 55.4 Å². The molecule has 0 radical (unpaired) electrons. The van der Waals surface area contributed by atoms with Crippen molar-refractivity contribution in [3.63, 3.8) is 0 Å². The molecular formula is C26H33N5O2S. The van der Waals surface area contributed by atoms with Crippen LogP contribution in [-0.4, -0.2) is 53.5 Å². The Morgan fingerprint density at radius 1 is 1.09 bits per heavy atom. The number of nitrogens with zero attached hydrogens (tertiary/aromatic N) is 3. The first kappa shape index (κ1) is 23.1. The second kappa shape index (κ2) is 10.7. The zero-order valence-electron chi connectivity index (χ0n) is 19.8. The van der Waals surface area contributed by atoms with Crippen LogP contribution in [0.3, 0.4) is 0 Å². The highest BCUT2D eigenvalue weighted by molar-refractivity contribution is 7.22. The lowest BCUT2D eigenvalue weighted by Gasteiger charge is -2.28. The number of hydrogen-bond donors (Lipinski definition) is 2. The molecule has 180 valence electrons. The number of fused-ring (bicyclic) bond motifs is 1. The molecule has 2 aliphatic rings. The highest BCUT2D eigenvalue weighted by Gasteiger charge is 2.18. The number of amides is 1. The van der Waals surface area contributed by atoms with Crippen LogP contribution in [-0.2, 0) is 0 Å². The third kappa shape index (κ3) is 5.85. The first-order valence-electron chi connectivity index (χ1n) is 12.4. The first-order valence-corrected chi connectivity index (χ1v) is 13.2. The van der Waals surface area contributed by atoms with E-state index in [2.05, 4.69) is 27.6 Å². The van der Waals surface area contributed by atoms with Crippen LogP contribution in [0.2, 0.25) is 0 Å². The Morgan fingerprint density at radius 2 is 1.88 bits per heavy atom. The average Bonchev–Trinajstić information content (AvgIpc) is 3.26. The number of carbonyl (C=O) groups is 1. The molecule has 3 heterocycles. The summed E-state index contributed by atoms with van der Waals surface area (Å²) in [6.07, 6.45) is 10.2. The summed E-state index contributed by atoms with van der Waals surface area (Å²) in [5.74, 6) is 1.71. The Hall–Kier alpha value is -2.71. The van der Waals surface area contributed by atoms with Crippen molar-refractivity contribution in [1.29, 1.82) is 0 Å². The molecule has 0 bridgehead atoms. The third-order valence-corrected chi connectivity index (χ3v) is 7.83. The van der Waals surface area contributed by atoms with Gasteiger partial charge in [-0.1, -0.05) is 30.6 Å².